The predicted molar refractivity (Wildman–Crippen MR) is 67.4 cm³/mol. The average molecular weight is 303 g/mol. The molecule has 4 heteroatoms. The number of aliphatic hydroxyl groups excluding tert-OH is 1. The summed E-state index contributed by atoms with van der Waals surface area (Å²) < 4.78 is 19.2. The molecule has 0 amide bonds. The first-order chi connectivity index (χ1) is 8.16. The van der Waals surface area contributed by atoms with Crippen LogP contribution in [-0.4, -0.2) is 23.9 Å². The van der Waals surface area contributed by atoms with Gasteiger partial charge in [-0.05, 0) is 53.2 Å². The van der Waals surface area contributed by atoms with Gasteiger partial charge in [0, 0.05) is 6.61 Å². The van der Waals surface area contributed by atoms with Crippen LogP contribution in [-0.2, 0) is 11.2 Å². The molecule has 1 aliphatic heterocycles. The predicted octanol–water partition coefficient (Wildman–Crippen LogP) is 3.06. The molecule has 1 saturated heterocycles. The van der Waals surface area contributed by atoms with Gasteiger partial charge in [0.15, 0.2) is 0 Å². The Morgan fingerprint density at radius 2 is 2.35 bits per heavy atom. The van der Waals surface area contributed by atoms with E-state index in [1.807, 2.05) is 6.07 Å². The molecule has 1 aliphatic rings. The van der Waals surface area contributed by atoms with Crippen molar-refractivity contribution in [2.75, 3.05) is 6.61 Å². The molecule has 0 aromatic heterocycles. The van der Waals surface area contributed by atoms with Gasteiger partial charge in [-0.1, -0.05) is 12.1 Å². The molecule has 0 aliphatic carbocycles. The molecule has 2 unspecified atom stereocenters. The maximum atomic E-state index is 13.3. The van der Waals surface area contributed by atoms with Gasteiger partial charge in [-0.25, -0.2) is 4.39 Å². The Balaban J connectivity index is 1.93. The van der Waals surface area contributed by atoms with E-state index >= 15 is 0 Å². The van der Waals surface area contributed by atoms with Crippen LogP contribution in [0.5, 0.6) is 0 Å². The second-order valence-electron chi connectivity index (χ2n) is 4.44. The van der Waals surface area contributed by atoms with Crippen LogP contribution in [0.15, 0.2) is 22.7 Å². The Hall–Kier alpha value is -0.450. The highest BCUT2D eigenvalue weighted by atomic mass is 79.9. The third-order valence-corrected chi connectivity index (χ3v) is 3.93. The van der Waals surface area contributed by atoms with Gasteiger partial charge in [-0.15, -0.1) is 0 Å². The summed E-state index contributed by atoms with van der Waals surface area (Å²) in [6, 6.07) is 4.89. The van der Waals surface area contributed by atoms with Crippen LogP contribution in [0.1, 0.15) is 24.8 Å². The summed E-state index contributed by atoms with van der Waals surface area (Å²) in [5, 5.41) is 9.96. The number of halogens is 2. The van der Waals surface area contributed by atoms with Crippen molar-refractivity contribution < 1.29 is 14.2 Å². The minimum absolute atomic E-state index is 0.164. The van der Waals surface area contributed by atoms with E-state index in [1.54, 1.807) is 6.07 Å². The highest BCUT2D eigenvalue weighted by Gasteiger charge is 2.20. The van der Waals surface area contributed by atoms with E-state index in [0.29, 0.717) is 17.3 Å². The monoisotopic (exact) mass is 302 g/mol. The van der Waals surface area contributed by atoms with Crippen molar-refractivity contribution in [2.45, 2.75) is 37.9 Å². The fraction of sp³-hybridized carbons (Fsp3) is 0.538. The Morgan fingerprint density at radius 3 is 3.06 bits per heavy atom. The molecule has 0 saturated carbocycles. The first kappa shape index (κ1) is 13.0. The van der Waals surface area contributed by atoms with Crippen molar-refractivity contribution in [1.82, 2.24) is 0 Å². The zero-order valence-corrected chi connectivity index (χ0v) is 11.1. The minimum Gasteiger partial charge on any atom is -0.393 e. The zero-order chi connectivity index (χ0) is 12.3. The van der Waals surface area contributed by atoms with Gasteiger partial charge < -0.3 is 9.84 Å². The van der Waals surface area contributed by atoms with Gasteiger partial charge in [-0.2, -0.15) is 0 Å². The van der Waals surface area contributed by atoms with Gasteiger partial charge in [0.25, 0.3) is 0 Å². The topological polar surface area (TPSA) is 29.5 Å². The number of aliphatic hydroxyl groups is 1. The molecule has 1 N–H and O–H groups in total. The Kier molecular flexibility index (Phi) is 4.54. The molecule has 94 valence electrons. The lowest BCUT2D eigenvalue weighted by molar-refractivity contribution is 0.0540. The van der Waals surface area contributed by atoms with Crippen molar-refractivity contribution in [1.29, 1.82) is 0 Å². The molecular formula is C13H16BrFO2. The van der Waals surface area contributed by atoms with E-state index < -0.39 is 6.10 Å². The van der Waals surface area contributed by atoms with E-state index in [1.165, 1.54) is 6.07 Å². The second-order valence-corrected chi connectivity index (χ2v) is 5.23. The lowest BCUT2D eigenvalue weighted by atomic mass is 10.0. The molecule has 17 heavy (non-hydrogen) atoms. The zero-order valence-electron chi connectivity index (χ0n) is 9.53. The van der Waals surface area contributed by atoms with Gasteiger partial charge in [0.2, 0.25) is 0 Å². The SMILES string of the molecule is OC(Cc1cccc(F)c1Br)CC1CCCO1. The second kappa shape index (κ2) is 5.94. The Bertz CT molecular complexity index is 378. The van der Waals surface area contributed by atoms with E-state index in [-0.39, 0.29) is 11.9 Å². The minimum atomic E-state index is -0.476. The smallest absolute Gasteiger partial charge is 0.137 e. The van der Waals surface area contributed by atoms with Crippen molar-refractivity contribution >= 4 is 15.9 Å². The Morgan fingerprint density at radius 1 is 1.53 bits per heavy atom. The summed E-state index contributed by atoms with van der Waals surface area (Å²) in [5.74, 6) is -0.285. The van der Waals surface area contributed by atoms with Gasteiger partial charge in [-0.3, -0.25) is 0 Å². The summed E-state index contributed by atoms with van der Waals surface area (Å²) in [4.78, 5) is 0. The van der Waals surface area contributed by atoms with Gasteiger partial charge in [0.05, 0.1) is 16.7 Å². The van der Waals surface area contributed by atoms with Crippen LogP contribution < -0.4 is 0 Å². The normalized spacial score (nSPS) is 21.7. The van der Waals surface area contributed by atoms with E-state index in [4.69, 9.17) is 4.74 Å². The van der Waals surface area contributed by atoms with Crippen molar-refractivity contribution in [2.24, 2.45) is 0 Å². The summed E-state index contributed by atoms with van der Waals surface area (Å²) in [5.41, 5.74) is 0.801. The maximum Gasteiger partial charge on any atom is 0.137 e. The van der Waals surface area contributed by atoms with Crippen molar-refractivity contribution in [3.63, 3.8) is 0 Å². The molecule has 0 spiro atoms. The van der Waals surface area contributed by atoms with Crippen molar-refractivity contribution in [3.8, 4) is 0 Å². The molecule has 0 radical (unpaired) electrons. The standard InChI is InChI=1S/C13H16BrFO2/c14-13-9(3-1-5-12(13)15)7-10(16)8-11-4-2-6-17-11/h1,3,5,10-11,16H,2,4,6-8H2. The fourth-order valence-corrected chi connectivity index (χ4v) is 2.60. The molecular weight excluding hydrogens is 287 g/mol. The first-order valence-electron chi connectivity index (χ1n) is 5.89. The Labute approximate surface area is 109 Å². The summed E-state index contributed by atoms with van der Waals surface area (Å²) in [6.07, 6.45) is 2.86. The number of hydrogen-bond acceptors (Lipinski definition) is 2. The van der Waals surface area contributed by atoms with Gasteiger partial charge >= 0.3 is 0 Å². The van der Waals surface area contributed by atoms with E-state index in [0.717, 1.165) is 25.0 Å². The van der Waals surface area contributed by atoms with Crippen LogP contribution in [0.25, 0.3) is 0 Å². The molecule has 1 fully saturated rings. The van der Waals surface area contributed by atoms with Crippen LogP contribution in [0.3, 0.4) is 0 Å². The lowest BCUT2D eigenvalue weighted by Crippen LogP contribution is -2.19. The number of benzene rings is 1. The summed E-state index contributed by atoms with van der Waals surface area (Å²) >= 11 is 3.20. The van der Waals surface area contributed by atoms with Crippen LogP contribution in [0.2, 0.25) is 0 Å². The summed E-state index contributed by atoms with van der Waals surface area (Å²) in [7, 11) is 0. The van der Waals surface area contributed by atoms with Crippen LogP contribution in [0, 0.1) is 5.82 Å². The maximum absolute atomic E-state index is 13.3. The van der Waals surface area contributed by atoms with E-state index in [2.05, 4.69) is 15.9 Å². The third kappa shape index (κ3) is 3.50. The van der Waals surface area contributed by atoms with Crippen LogP contribution >= 0.6 is 15.9 Å². The molecule has 0 bridgehead atoms. The fourth-order valence-electron chi connectivity index (χ4n) is 2.18. The molecule has 2 rings (SSSR count). The highest BCUT2D eigenvalue weighted by Crippen LogP contribution is 2.24. The molecule has 1 aromatic carbocycles. The first-order valence-corrected chi connectivity index (χ1v) is 6.68. The van der Waals surface area contributed by atoms with E-state index in [9.17, 15) is 9.50 Å². The molecule has 1 aromatic rings. The quantitative estimate of drug-likeness (QED) is 0.926. The van der Waals surface area contributed by atoms with Gasteiger partial charge in [0.1, 0.15) is 5.82 Å². The number of ether oxygens (including phenoxy) is 1. The molecule has 1 heterocycles. The van der Waals surface area contributed by atoms with Crippen LogP contribution in [0.4, 0.5) is 4.39 Å². The largest absolute Gasteiger partial charge is 0.393 e. The highest BCUT2D eigenvalue weighted by molar-refractivity contribution is 9.10. The third-order valence-electron chi connectivity index (χ3n) is 3.05. The number of rotatable bonds is 4. The van der Waals surface area contributed by atoms with Crippen molar-refractivity contribution in [3.05, 3.63) is 34.1 Å². The molecule has 2 atom stereocenters. The molecule has 2 nitrogen and oxygen atoms in total. The lowest BCUT2D eigenvalue weighted by Gasteiger charge is -2.16. The average Bonchev–Trinajstić information content (AvgIpc) is 2.77. The summed E-state index contributed by atoms with van der Waals surface area (Å²) in [6.45, 7) is 0.793. The number of hydrogen-bond donors (Lipinski definition) is 1.